The summed E-state index contributed by atoms with van der Waals surface area (Å²) in [4.78, 5) is 28.8. The number of piperidine rings is 1. The van der Waals surface area contributed by atoms with Crippen LogP contribution in [0.2, 0.25) is 0 Å². The Morgan fingerprint density at radius 3 is 2.75 bits per heavy atom. The van der Waals surface area contributed by atoms with Crippen molar-refractivity contribution in [1.82, 2.24) is 10.3 Å². The summed E-state index contributed by atoms with van der Waals surface area (Å²) >= 11 is 0. The van der Waals surface area contributed by atoms with Crippen molar-refractivity contribution < 1.29 is 19.1 Å². The van der Waals surface area contributed by atoms with Gasteiger partial charge in [0.2, 0.25) is 0 Å². The molecular weight excluding hydrogens is 313 g/mol. The number of carbonyl (C=O) groups is 2. The number of hydrogen-bond acceptors (Lipinski definition) is 3. The highest BCUT2D eigenvalue weighted by atomic mass is 19.1. The molecule has 2 aromatic rings. The smallest absolute Gasteiger partial charge is 0.405 e. The average molecular weight is 329 g/mol. The predicted molar refractivity (Wildman–Crippen MR) is 86.2 cm³/mol. The summed E-state index contributed by atoms with van der Waals surface area (Å²) in [5, 5.41) is 11.0. The molecule has 2 heterocycles. The van der Waals surface area contributed by atoms with Crippen molar-refractivity contribution in [2.45, 2.75) is 18.9 Å². The first-order valence-corrected chi connectivity index (χ1v) is 7.58. The average Bonchev–Trinajstić information content (AvgIpc) is 2.57. The first kappa shape index (κ1) is 15.9. The fraction of sp³-hybridized carbons (Fsp3) is 0.235. The van der Waals surface area contributed by atoms with E-state index in [-0.39, 0.29) is 11.7 Å². The fourth-order valence-electron chi connectivity index (χ4n) is 2.79. The van der Waals surface area contributed by atoms with Crippen molar-refractivity contribution in [3.63, 3.8) is 0 Å². The maximum Gasteiger partial charge on any atom is 0.405 e. The second-order valence-electron chi connectivity index (χ2n) is 5.52. The van der Waals surface area contributed by atoms with Gasteiger partial charge in [0.05, 0.1) is 0 Å². The quantitative estimate of drug-likeness (QED) is 0.907. The third kappa shape index (κ3) is 3.19. The molecule has 0 radical (unpaired) electrons. The van der Waals surface area contributed by atoms with E-state index in [4.69, 9.17) is 5.11 Å². The van der Waals surface area contributed by atoms with E-state index in [1.54, 1.807) is 30.3 Å². The Kier molecular flexibility index (Phi) is 4.41. The van der Waals surface area contributed by atoms with Crippen LogP contribution in [0.15, 0.2) is 42.6 Å². The Labute approximate surface area is 137 Å². The van der Waals surface area contributed by atoms with E-state index in [2.05, 4.69) is 10.3 Å². The molecule has 1 aromatic heterocycles. The summed E-state index contributed by atoms with van der Waals surface area (Å²) in [5.41, 5.74) is 1.05. The Bertz CT molecular complexity index is 764. The van der Waals surface area contributed by atoms with Crippen LogP contribution in [0.5, 0.6) is 0 Å². The van der Waals surface area contributed by atoms with Gasteiger partial charge in [-0.25, -0.2) is 14.2 Å². The third-order valence-corrected chi connectivity index (χ3v) is 3.95. The molecule has 0 bridgehead atoms. The lowest BCUT2D eigenvalue weighted by Crippen LogP contribution is -2.52. The largest absolute Gasteiger partial charge is 0.465 e. The number of anilines is 1. The number of rotatable bonds is 3. The molecule has 1 aromatic carbocycles. The summed E-state index contributed by atoms with van der Waals surface area (Å²) < 4.78 is 13.8. The minimum Gasteiger partial charge on any atom is -0.465 e. The Morgan fingerprint density at radius 1 is 1.29 bits per heavy atom. The number of pyridine rings is 1. The molecule has 7 heteroatoms. The highest BCUT2D eigenvalue weighted by Gasteiger charge is 2.31. The van der Waals surface area contributed by atoms with Gasteiger partial charge in [-0.1, -0.05) is 18.2 Å². The Balaban J connectivity index is 1.81. The summed E-state index contributed by atoms with van der Waals surface area (Å²) in [7, 11) is 0. The molecule has 0 unspecified atom stereocenters. The van der Waals surface area contributed by atoms with Crippen molar-refractivity contribution in [3.8, 4) is 11.1 Å². The molecule has 2 N–H and O–H groups in total. The molecule has 3 rings (SSSR count). The van der Waals surface area contributed by atoms with Crippen LogP contribution in [0.25, 0.3) is 11.1 Å². The van der Waals surface area contributed by atoms with Gasteiger partial charge in [0.15, 0.2) is 0 Å². The zero-order valence-electron chi connectivity index (χ0n) is 12.8. The normalized spacial score (nSPS) is 17.6. The second kappa shape index (κ2) is 6.66. The van der Waals surface area contributed by atoms with Crippen molar-refractivity contribution in [2.75, 3.05) is 11.4 Å². The minimum absolute atomic E-state index is 0.324. The first-order valence-electron chi connectivity index (χ1n) is 7.58. The molecule has 2 amide bonds. The standard InChI is InChI=1S/C17H16FN3O3/c18-13-5-2-1-4-12(13)11-7-8-15(19-10-11)21-9-3-6-14(16(21)22)20-17(23)24/h1-2,4-5,7-8,10,14,20H,3,6,9H2,(H,23,24)/t14-/m1/s1. The van der Waals surface area contributed by atoms with E-state index in [0.29, 0.717) is 36.3 Å². The highest BCUT2D eigenvalue weighted by molar-refractivity contribution is 5.98. The van der Waals surface area contributed by atoms with Gasteiger partial charge in [-0.2, -0.15) is 0 Å². The van der Waals surface area contributed by atoms with Crippen LogP contribution in [-0.2, 0) is 4.79 Å². The van der Waals surface area contributed by atoms with Crippen LogP contribution in [0, 0.1) is 5.82 Å². The van der Waals surface area contributed by atoms with Gasteiger partial charge in [0, 0.05) is 23.9 Å². The molecule has 1 aliphatic rings. The lowest BCUT2D eigenvalue weighted by molar-refractivity contribution is -0.121. The lowest BCUT2D eigenvalue weighted by Gasteiger charge is -2.31. The molecule has 124 valence electrons. The second-order valence-corrected chi connectivity index (χ2v) is 5.52. The number of aromatic nitrogens is 1. The van der Waals surface area contributed by atoms with Gasteiger partial charge < -0.3 is 10.4 Å². The monoisotopic (exact) mass is 329 g/mol. The Hall–Kier alpha value is -2.96. The molecule has 1 saturated heterocycles. The third-order valence-electron chi connectivity index (χ3n) is 3.95. The van der Waals surface area contributed by atoms with Gasteiger partial charge >= 0.3 is 6.09 Å². The number of hydrogen-bond donors (Lipinski definition) is 2. The van der Waals surface area contributed by atoms with Gasteiger partial charge in [-0.3, -0.25) is 9.69 Å². The van der Waals surface area contributed by atoms with Gasteiger partial charge in [0.25, 0.3) is 5.91 Å². The minimum atomic E-state index is -1.22. The van der Waals surface area contributed by atoms with Gasteiger partial charge in [0.1, 0.15) is 17.7 Å². The summed E-state index contributed by atoms with van der Waals surface area (Å²) in [6, 6.07) is 8.96. The molecule has 1 fully saturated rings. The van der Waals surface area contributed by atoms with Crippen LogP contribution in [-0.4, -0.2) is 34.7 Å². The van der Waals surface area contributed by atoms with Crippen LogP contribution in [0.3, 0.4) is 0 Å². The van der Waals surface area contributed by atoms with Crippen molar-refractivity contribution >= 4 is 17.8 Å². The summed E-state index contributed by atoms with van der Waals surface area (Å²) in [6.07, 6.45) is 1.43. The highest BCUT2D eigenvalue weighted by Crippen LogP contribution is 2.25. The number of amides is 2. The number of halogens is 1. The van der Waals surface area contributed by atoms with Crippen LogP contribution in [0.4, 0.5) is 15.0 Å². The molecule has 0 spiro atoms. The van der Waals surface area contributed by atoms with E-state index in [0.717, 1.165) is 0 Å². The Morgan fingerprint density at radius 2 is 2.08 bits per heavy atom. The molecule has 6 nitrogen and oxygen atoms in total. The first-order chi connectivity index (χ1) is 11.6. The van der Waals surface area contributed by atoms with Crippen molar-refractivity contribution in [1.29, 1.82) is 0 Å². The number of carboxylic acid groups (broad SMARTS) is 1. The number of nitrogens with one attached hydrogen (secondary N) is 1. The SMILES string of the molecule is O=C(O)N[C@@H]1CCCN(c2ccc(-c3ccccc3F)cn2)C1=O. The zero-order chi connectivity index (χ0) is 17.1. The van der Waals surface area contributed by atoms with Crippen molar-refractivity contribution in [3.05, 3.63) is 48.4 Å². The maximum atomic E-state index is 13.8. The van der Waals surface area contributed by atoms with E-state index >= 15 is 0 Å². The fourth-order valence-corrected chi connectivity index (χ4v) is 2.79. The number of benzene rings is 1. The predicted octanol–water partition coefficient (Wildman–Crippen LogP) is 2.65. The topological polar surface area (TPSA) is 82.5 Å². The van der Waals surface area contributed by atoms with Gasteiger partial charge in [-0.05, 0) is 31.0 Å². The maximum absolute atomic E-state index is 13.8. The van der Waals surface area contributed by atoms with E-state index in [9.17, 15) is 14.0 Å². The van der Waals surface area contributed by atoms with Crippen LogP contribution < -0.4 is 10.2 Å². The molecule has 1 atom stereocenters. The number of nitrogens with zero attached hydrogens (tertiary/aromatic N) is 2. The summed E-state index contributed by atoms with van der Waals surface area (Å²) in [5.74, 6) is -0.237. The molecule has 0 saturated carbocycles. The number of carbonyl (C=O) groups excluding carboxylic acids is 1. The lowest BCUT2D eigenvalue weighted by atomic mass is 10.0. The van der Waals surface area contributed by atoms with Crippen LogP contribution in [0.1, 0.15) is 12.8 Å². The zero-order valence-corrected chi connectivity index (χ0v) is 12.8. The molecule has 24 heavy (non-hydrogen) atoms. The molecule has 0 aliphatic carbocycles. The molecular formula is C17H16FN3O3. The summed E-state index contributed by atoms with van der Waals surface area (Å²) in [6.45, 7) is 0.475. The van der Waals surface area contributed by atoms with Crippen molar-refractivity contribution in [2.24, 2.45) is 0 Å². The van der Waals surface area contributed by atoms with E-state index < -0.39 is 12.1 Å². The molecule has 1 aliphatic heterocycles. The van der Waals surface area contributed by atoms with E-state index in [1.807, 2.05) is 0 Å². The van der Waals surface area contributed by atoms with E-state index in [1.165, 1.54) is 17.2 Å². The van der Waals surface area contributed by atoms with Gasteiger partial charge in [-0.15, -0.1) is 0 Å². The van der Waals surface area contributed by atoms with Crippen LogP contribution >= 0.6 is 0 Å².